The van der Waals surface area contributed by atoms with Crippen LogP contribution in [-0.4, -0.2) is 10.5 Å². The molecule has 166 valence electrons. The number of hydrogen-bond donors (Lipinski definition) is 1. The molecule has 3 heteroatoms. The summed E-state index contributed by atoms with van der Waals surface area (Å²) >= 11 is 0. The summed E-state index contributed by atoms with van der Waals surface area (Å²) in [4.78, 5) is 12.0. The summed E-state index contributed by atoms with van der Waals surface area (Å²) in [6, 6.07) is 25.7. The second-order valence-corrected chi connectivity index (χ2v) is 9.22. The second kappa shape index (κ2) is 8.40. The van der Waals surface area contributed by atoms with Crippen molar-refractivity contribution < 1.29 is 4.79 Å². The van der Waals surface area contributed by atoms with Crippen LogP contribution in [0.4, 0.5) is 5.69 Å². The number of aryl methyl sites for hydroxylation is 1. The molecule has 1 heterocycles. The minimum atomic E-state index is -0.0634. The van der Waals surface area contributed by atoms with Crippen LogP contribution in [0.2, 0.25) is 0 Å². The van der Waals surface area contributed by atoms with Gasteiger partial charge in [0, 0.05) is 23.7 Å². The van der Waals surface area contributed by atoms with Crippen molar-refractivity contribution in [2.24, 2.45) is 0 Å². The van der Waals surface area contributed by atoms with Crippen LogP contribution in [0, 0.1) is 6.92 Å². The topological polar surface area (TPSA) is 34.0 Å². The van der Waals surface area contributed by atoms with Gasteiger partial charge in [-0.1, -0.05) is 74.5 Å². The molecule has 1 aromatic heterocycles. The van der Waals surface area contributed by atoms with E-state index in [4.69, 9.17) is 0 Å². The van der Waals surface area contributed by atoms with Crippen LogP contribution < -0.4 is 5.32 Å². The molecule has 4 aromatic rings. The molecule has 5 rings (SSSR count). The van der Waals surface area contributed by atoms with E-state index in [1.807, 2.05) is 18.2 Å². The number of fused-ring (bicyclic) bond motifs is 3. The van der Waals surface area contributed by atoms with Crippen LogP contribution in [0.25, 0.3) is 28.1 Å². The van der Waals surface area contributed by atoms with Gasteiger partial charge in [0.25, 0.3) is 0 Å². The van der Waals surface area contributed by atoms with Crippen molar-refractivity contribution in [2.75, 3.05) is 5.32 Å². The predicted octanol–water partition coefficient (Wildman–Crippen LogP) is 7.30. The van der Waals surface area contributed by atoms with Crippen LogP contribution in [0.5, 0.6) is 0 Å². The maximum Gasteiger partial charge on any atom is 0.221 e. The van der Waals surface area contributed by atoms with Gasteiger partial charge < -0.3 is 9.88 Å². The standard InChI is InChI=1S/C30H30N2O/c1-19(2)23-12-7-8-14-26(23)30-29-24(18-17-22-11-5-6-13-25(22)29)20(3)32(30)28-16-10-9-15-27(28)31-21(4)33/h5-16,19H,17-18H2,1-4H3,(H,31,33). The SMILES string of the molecule is CC(=O)Nc1ccccc1-n1c(C)c2c(c1-c1ccccc1C(C)C)-c1ccccc1CC2. The van der Waals surface area contributed by atoms with Gasteiger partial charge >= 0.3 is 0 Å². The monoisotopic (exact) mass is 434 g/mol. The molecule has 33 heavy (non-hydrogen) atoms. The number of amides is 1. The zero-order valence-electron chi connectivity index (χ0n) is 19.8. The lowest BCUT2D eigenvalue weighted by Crippen LogP contribution is -2.11. The van der Waals surface area contributed by atoms with Crippen molar-refractivity contribution in [3.8, 4) is 28.1 Å². The molecule has 1 N–H and O–H groups in total. The molecule has 0 spiro atoms. The zero-order chi connectivity index (χ0) is 23.1. The van der Waals surface area contributed by atoms with Crippen LogP contribution in [0.15, 0.2) is 72.8 Å². The number of rotatable bonds is 4. The summed E-state index contributed by atoms with van der Waals surface area (Å²) in [6.45, 7) is 8.30. The molecule has 0 bridgehead atoms. The van der Waals surface area contributed by atoms with E-state index in [1.165, 1.54) is 44.8 Å². The Morgan fingerprint density at radius 1 is 0.879 bits per heavy atom. The van der Waals surface area contributed by atoms with Gasteiger partial charge in [-0.2, -0.15) is 0 Å². The van der Waals surface area contributed by atoms with E-state index in [1.54, 1.807) is 6.92 Å². The van der Waals surface area contributed by atoms with Crippen LogP contribution in [-0.2, 0) is 17.6 Å². The molecule has 0 unspecified atom stereocenters. The van der Waals surface area contributed by atoms with Crippen molar-refractivity contribution in [3.63, 3.8) is 0 Å². The third kappa shape index (κ3) is 3.58. The average Bonchev–Trinajstić information content (AvgIpc) is 3.11. The number of carbonyl (C=O) groups excluding carboxylic acids is 1. The number of para-hydroxylation sites is 2. The van der Waals surface area contributed by atoms with E-state index < -0.39 is 0 Å². The van der Waals surface area contributed by atoms with Gasteiger partial charge in [0.2, 0.25) is 5.91 Å². The molecule has 1 amide bonds. The maximum absolute atomic E-state index is 12.0. The van der Waals surface area contributed by atoms with E-state index in [2.05, 4.69) is 85.3 Å². The van der Waals surface area contributed by atoms with Gasteiger partial charge in [-0.25, -0.2) is 0 Å². The summed E-state index contributed by atoms with van der Waals surface area (Å²) < 4.78 is 2.37. The number of hydrogen-bond acceptors (Lipinski definition) is 1. The number of anilines is 1. The van der Waals surface area contributed by atoms with Gasteiger partial charge in [-0.3, -0.25) is 4.79 Å². The quantitative estimate of drug-likeness (QED) is 0.359. The Bertz CT molecular complexity index is 1360. The van der Waals surface area contributed by atoms with E-state index in [0.717, 1.165) is 24.2 Å². The van der Waals surface area contributed by atoms with E-state index in [9.17, 15) is 4.79 Å². The van der Waals surface area contributed by atoms with E-state index >= 15 is 0 Å². The fourth-order valence-electron chi connectivity index (χ4n) is 5.31. The average molecular weight is 435 g/mol. The molecule has 0 atom stereocenters. The van der Waals surface area contributed by atoms with Gasteiger partial charge in [-0.05, 0) is 60.1 Å². The Morgan fingerprint density at radius 2 is 1.55 bits per heavy atom. The highest BCUT2D eigenvalue weighted by Gasteiger charge is 2.29. The number of aromatic nitrogens is 1. The van der Waals surface area contributed by atoms with Crippen molar-refractivity contribution in [3.05, 3.63) is 95.2 Å². The van der Waals surface area contributed by atoms with Crippen molar-refractivity contribution in [1.82, 2.24) is 4.57 Å². The van der Waals surface area contributed by atoms with Crippen LogP contribution in [0.3, 0.4) is 0 Å². The Balaban J connectivity index is 1.91. The van der Waals surface area contributed by atoms with Gasteiger partial charge in [0.15, 0.2) is 0 Å². The van der Waals surface area contributed by atoms with Crippen LogP contribution >= 0.6 is 0 Å². The lowest BCUT2D eigenvalue weighted by atomic mass is 9.83. The highest BCUT2D eigenvalue weighted by molar-refractivity contribution is 5.94. The number of nitrogens with one attached hydrogen (secondary N) is 1. The highest BCUT2D eigenvalue weighted by atomic mass is 16.1. The van der Waals surface area contributed by atoms with E-state index in [-0.39, 0.29) is 5.91 Å². The molecule has 0 saturated carbocycles. The first kappa shape index (κ1) is 21.3. The minimum absolute atomic E-state index is 0.0634. The van der Waals surface area contributed by atoms with Gasteiger partial charge in [0.05, 0.1) is 17.1 Å². The summed E-state index contributed by atoms with van der Waals surface area (Å²) in [5, 5.41) is 3.05. The first-order valence-corrected chi connectivity index (χ1v) is 11.8. The lowest BCUT2D eigenvalue weighted by molar-refractivity contribution is -0.114. The predicted molar refractivity (Wildman–Crippen MR) is 137 cm³/mol. The van der Waals surface area contributed by atoms with Crippen molar-refractivity contribution in [1.29, 1.82) is 0 Å². The summed E-state index contributed by atoms with van der Waals surface area (Å²) in [6.07, 6.45) is 2.07. The fraction of sp³-hybridized carbons (Fsp3) is 0.233. The first-order valence-electron chi connectivity index (χ1n) is 11.8. The molecule has 0 fully saturated rings. The molecule has 1 aliphatic carbocycles. The third-order valence-electron chi connectivity index (χ3n) is 6.76. The highest BCUT2D eigenvalue weighted by Crippen LogP contribution is 2.47. The largest absolute Gasteiger partial charge is 0.325 e. The summed E-state index contributed by atoms with van der Waals surface area (Å²) in [5.74, 6) is 0.330. The van der Waals surface area contributed by atoms with Crippen molar-refractivity contribution in [2.45, 2.75) is 46.5 Å². The fourth-order valence-corrected chi connectivity index (χ4v) is 5.31. The zero-order valence-corrected chi connectivity index (χ0v) is 19.8. The smallest absolute Gasteiger partial charge is 0.221 e. The molecule has 3 aromatic carbocycles. The Hall–Kier alpha value is -3.59. The maximum atomic E-state index is 12.0. The molecule has 3 nitrogen and oxygen atoms in total. The minimum Gasteiger partial charge on any atom is -0.325 e. The summed E-state index contributed by atoms with van der Waals surface area (Å²) in [7, 11) is 0. The molecular weight excluding hydrogens is 404 g/mol. The number of benzene rings is 3. The lowest BCUT2D eigenvalue weighted by Gasteiger charge is -2.22. The third-order valence-corrected chi connectivity index (χ3v) is 6.76. The summed E-state index contributed by atoms with van der Waals surface area (Å²) in [5.41, 5.74) is 12.3. The Morgan fingerprint density at radius 3 is 2.30 bits per heavy atom. The number of nitrogens with zero attached hydrogens (tertiary/aromatic N) is 1. The molecule has 0 radical (unpaired) electrons. The van der Waals surface area contributed by atoms with E-state index in [0.29, 0.717) is 5.92 Å². The normalized spacial score (nSPS) is 12.4. The Labute approximate surface area is 196 Å². The van der Waals surface area contributed by atoms with Gasteiger partial charge in [-0.15, -0.1) is 0 Å². The number of carbonyl (C=O) groups is 1. The van der Waals surface area contributed by atoms with Gasteiger partial charge in [0.1, 0.15) is 0 Å². The second-order valence-electron chi connectivity index (χ2n) is 9.22. The van der Waals surface area contributed by atoms with Crippen molar-refractivity contribution >= 4 is 11.6 Å². The molecule has 0 aliphatic heterocycles. The Kier molecular flexibility index (Phi) is 5.41. The molecule has 0 saturated heterocycles. The first-order chi connectivity index (χ1) is 16.0. The molecular formula is C30H30N2O. The molecule has 1 aliphatic rings. The van der Waals surface area contributed by atoms with Crippen LogP contribution in [0.1, 0.15) is 49.1 Å².